The molecule has 0 amide bonds. The lowest BCUT2D eigenvalue weighted by Gasteiger charge is -2.16. The minimum Gasteiger partial charge on any atom is -0.330 e. The normalized spacial score (nSPS) is 12.4. The molecule has 0 heterocycles. The van der Waals surface area contributed by atoms with Gasteiger partial charge in [-0.3, -0.25) is 0 Å². The van der Waals surface area contributed by atoms with E-state index in [2.05, 4.69) is 41.1 Å². The smallest absolute Gasteiger partial charge is 0.124 e. The first-order chi connectivity index (χ1) is 9.08. The zero-order valence-electron chi connectivity index (χ0n) is 10.9. The fourth-order valence-corrected chi connectivity index (χ4v) is 2.79. The van der Waals surface area contributed by atoms with Gasteiger partial charge in [0, 0.05) is 10.4 Å². The average molecular weight is 322 g/mol. The monoisotopic (exact) mass is 321 g/mol. The lowest BCUT2D eigenvalue weighted by molar-refractivity contribution is 0.619. The highest BCUT2D eigenvalue weighted by Crippen LogP contribution is 2.23. The lowest BCUT2D eigenvalue weighted by Crippen LogP contribution is -2.15. The maximum absolute atomic E-state index is 13.4. The highest BCUT2D eigenvalue weighted by molar-refractivity contribution is 9.10. The van der Waals surface area contributed by atoms with Crippen molar-refractivity contribution in [3.8, 4) is 0 Å². The number of aryl methyl sites for hydroxylation is 1. The predicted molar refractivity (Wildman–Crippen MR) is 80.8 cm³/mol. The summed E-state index contributed by atoms with van der Waals surface area (Å²) in [5.74, 6) is -0.00186. The van der Waals surface area contributed by atoms with Gasteiger partial charge in [0.1, 0.15) is 5.82 Å². The Labute approximate surface area is 121 Å². The second-order valence-corrected chi connectivity index (χ2v) is 5.74. The van der Waals surface area contributed by atoms with Gasteiger partial charge in [-0.2, -0.15) is 0 Å². The Morgan fingerprint density at radius 2 is 2.00 bits per heavy atom. The Morgan fingerprint density at radius 1 is 1.21 bits per heavy atom. The van der Waals surface area contributed by atoms with Crippen molar-refractivity contribution in [2.45, 2.75) is 19.3 Å². The number of hydrogen-bond donors (Lipinski definition) is 1. The molecule has 0 aliphatic rings. The third-order valence-electron chi connectivity index (χ3n) is 3.20. The van der Waals surface area contributed by atoms with Crippen molar-refractivity contribution in [3.63, 3.8) is 0 Å². The van der Waals surface area contributed by atoms with Crippen LogP contribution in [0.15, 0.2) is 46.9 Å². The number of halogens is 2. The summed E-state index contributed by atoms with van der Waals surface area (Å²) < 4.78 is 14.2. The van der Waals surface area contributed by atoms with Crippen LogP contribution in [0.2, 0.25) is 0 Å². The Hall–Kier alpha value is -1.19. The van der Waals surface area contributed by atoms with Gasteiger partial charge in [-0.05, 0) is 49.2 Å². The maximum atomic E-state index is 13.4. The summed E-state index contributed by atoms with van der Waals surface area (Å²) in [7, 11) is 0. The van der Waals surface area contributed by atoms with E-state index in [9.17, 15) is 4.39 Å². The first-order valence-electron chi connectivity index (χ1n) is 6.30. The van der Waals surface area contributed by atoms with Crippen LogP contribution in [0.25, 0.3) is 0 Å². The van der Waals surface area contributed by atoms with Gasteiger partial charge in [-0.15, -0.1) is 0 Å². The van der Waals surface area contributed by atoms with Crippen molar-refractivity contribution in [2.75, 3.05) is 6.54 Å². The molecule has 2 aromatic rings. The summed E-state index contributed by atoms with van der Waals surface area (Å²) in [5.41, 5.74) is 9.27. The van der Waals surface area contributed by atoms with Gasteiger partial charge >= 0.3 is 0 Å². The Bertz CT molecular complexity index is 548. The Kier molecular flexibility index (Phi) is 4.72. The molecule has 0 bridgehead atoms. The van der Waals surface area contributed by atoms with Crippen LogP contribution in [0.1, 0.15) is 22.6 Å². The van der Waals surface area contributed by atoms with Crippen LogP contribution in [0.4, 0.5) is 4.39 Å². The third kappa shape index (κ3) is 3.88. The fraction of sp³-hybridized carbons (Fsp3) is 0.250. The fourth-order valence-electron chi connectivity index (χ4n) is 2.27. The summed E-state index contributed by atoms with van der Waals surface area (Å²) in [5, 5.41) is 0. The van der Waals surface area contributed by atoms with E-state index >= 15 is 0 Å². The molecule has 0 saturated heterocycles. The molecular weight excluding hydrogens is 305 g/mol. The summed E-state index contributed by atoms with van der Waals surface area (Å²) in [4.78, 5) is 0. The molecule has 0 radical (unpaired) electrons. The molecule has 0 aliphatic heterocycles. The average Bonchev–Trinajstić information content (AvgIpc) is 2.34. The van der Waals surface area contributed by atoms with E-state index < -0.39 is 0 Å². The Morgan fingerprint density at radius 3 is 2.63 bits per heavy atom. The van der Waals surface area contributed by atoms with E-state index in [1.54, 1.807) is 6.07 Å². The van der Waals surface area contributed by atoms with E-state index in [4.69, 9.17) is 5.73 Å². The van der Waals surface area contributed by atoms with Gasteiger partial charge in [-0.1, -0.05) is 45.8 Å². The van der Waals surface area contributed by atoms with E-state index in [1.165, 1.54) is 17.2 Å². The summed E-state index contributed by atoms with van der Waals surface area (Å²) in [6.45, 7) is 2.62. The van der Waals surface area contributed by atoms with Crippen molar-refractivity contribution in [2.24, 2.45) is 5.73 Å². The first-order valence-corrected chi connectivity index (χ1v) is 7.09. The van der Waals surface area contributed by atoms with Gasteiger partial charge in [0.05, 0.1) is 0 Å². The molecule has 3 heteroatoms. The summed E-state index contributed by atoms with van der Waals surface area (Å²) in [6, 6.07) is 13.3. The molecular formula is C16H17BrFN. The highest BCUT2D eigenvalue weighted by Gasteiger charge is 2.12. The zero-order chi connectivity index (χ0) is 13.8. The van der Waals surface area contributed by atoms with E-state index in [0.29, 0.717) is 6.54 Å². The molecule has 1 atom stereocenters. The van der Waals surface area contributed by atoms with Gasteiger partial charge in [0.15, 0.2) is 0 Å². The quantitative estimate of drug-likeness (QED) is 0.898. The lowest BCUT2D eigenvalue weighted by atomic mass is 9.91. The molecule has 2 aromatic carbocycles. The summed E-state index contributed by atoms with van der Waals surface area (Å²) in [6.07, 6.45) is 0.746. The van der Waals surface area contributed by atoms with Crippen LogP contribution >= 0.6 is 15.9 Å². The van der Waals surface area contributed by atoms with Crippen LogP contribution in [0.3, 0.4) is 0 Å². The van der Waals surface area contributed by atoms with Gasteiger partial charge < -0.3 is 5.73 Å². The molecule has 0 aromatic heterocycles. The summed E-state index contributed by atoms with van der Waals surface area (Å²) >= 11 is 3.32. The standard InChI is InChI=1S/C16H17BrFN/c1-11-3-2-4-13(5-11)14(10-19)6-12-7-15(17)9-16(18)8-12/h2-5,7-9,14H,6,10,19H2,1H3. The molecule has 1 nitrogen and oxygen atoms in total. The van der Waals surface area contributed by atoms with Crippen LogP contribution in [-0.2, 0) is 6.42 Å². The van der Waals surface area contributed by atoms with Gasteiger partial charge in [0.25, 0.3) is 0 Å². The SMILES string of the molecule is Cc1cccc(C(CN)Cc2cc(F)cc(Br)c2)c1. The largest absolute Gasteiger partial charge is 0.330 e. The van der Waals surface area contributed by atoms with E-state index in [-0.39, 0.29) is 11.7 Å². The Balaban J connectivity index is 2.23. The zero-order valence-corrected chi connectivity index (χ0v) is 12.5. The van der Waals surface area contributed by atoms with Crippen LogP contribution in [0.5, 0.6) is 0 Å². The minimum absolute atomic E-state index is 0.216. The highest BCUT2D eigenvalue weighted by atomic mass is 79.9. The predicted octanol–water partition coefficient (Wildman–Crippen LogP) is 4.18. The second-order valence-electron chi connectivity index (χ2n) is 4.83. The third-order valence-corrected chi connectivity index (χ3v) is 3.66. The number of hydrogen-bond acceptors (Lipinski definition) is 1. The van der Waals surface area contributed by atoms with Crippen molar-refractivity contribution in [1.29, 1.82) is 0 Å². The first kappa shape index (κ1) is 14.2. The molecule has 100 valence electrons. The van der Waals surface area contributed by atoms with Crippen molar-refractivity contribution in [3.05, 3.63) is 69.4 Å². The van der Waals surface area contributed by atoms with E-state index in [0.717, 1.165) is 16.5 Å². The molecule has 0 aliphatic carbocycles. The molecule has 0 spiro atoms. The van der Waals surface area contributed by atoms with Crippen LogP contribution < -0.4 is 5.73 Å². The van der Waals surface area contributed by atoms with Crippen LogP contribution in [0, 0.1) is 12.7 Å². The number of benzene rings is 2. The van der Waals surface area contributed by atoms with Crippen molar-refractivity contribution >= 4 is 15.9 Å². The van der Waals surface area contributed by atoms with E-state index in [1.807, 2.05) is 12.1 Å². The van der Waals surface area contributed by atoms with Crippen molar-refractivity contribution < 1.29 is 4.39 Å². The molecule has 0 saturated carbocycles. The molecule has 1 unspecified atom stereocenters. The molecule has 0 fully saturated rings. The van der Waals surface area contributed by atoms with Crippen molar-refractivity contribution in [1.82, 2.24) is 0 Å². The number of rotatable bonds is 4. The van der Waals surface area contributed by atoms with Crippen LogP contribution in [-0.4, -0.2) is 6.54 Å². The number of nitrogens with two attached hydrogens (primary N) is 1. The maximum Gasteiger partial charge on any atom is 0.124 e. The van der Waals surface area contributed by atoms with Gasteiger partial charge in [-0.25, -0.2) is 4.39 Å². The second kappa shape index (κ2) is 6.31. The topological polar surface area (TPSA) is 26.0 Å². The molecule has 19 heavy (non-hydrogen) atoms. The van der Waals surface area contributed by atoms with Gasteiger partial charge in [0.2, 0.25) is 0 Å². The minimum atomic E-state index is -0.218. The molecule has 2 N–H and O–H groups in total. The molecule has 2 rings (SSSR count).